The second kappa shape index (κ2) is 22.1. The Morgan fingerprint density at radius 2 is 1.17 bits per heavy atom. The third-order valence-electron chi connectivity index (χ3n) is 10.7. The van der Waals surface area contributed by atoms with Crippen LogP contribution in [0.15, 0.2) is 84.9 Å². The van der Waals surface area contributed by atoms with Crippen molar-refractivity contribution in [2.75, 3.05) is 6.61 Å². The molecule has 0 bridgehead atoms. The van der Waals surface area contributed by atoms with E-state index >= 15 is 0 Å². The lowest BCUT2D eigenvalue weighted by molar-refractivity contribution is -0.118. The van der Waals surface area contributed by atoms with Crippen molar-refractivity contribution >= 4 is 22.5 Å². The number of hydrogen-bond donors (Lipinski definition) is 0. The quantitative estimate of drug-likeness (QED) is 0.0412. The Bertz CT molecular complexity index is 1640. The molecule has 0 saturated carbocycles. The number of carbonyl (C=O) groups excluding carboxylic acids is 2. The van der Waals surface area contributed by atoms with Crippen molar-refractivity contribution in [3.8, 4) is 23.0 Å². The number of fused-ring (bicyclic) bond motifs is 1. The third-order valence-corrected chi connectivity index (χ3v) is 10.7. The summed E-state index contributed by atoms with van der Waals surface area (Å²) in [5.74, 6) is 4.41. The SMILES string of the molecule is CCCCCCCCCCCCOc1ccc(OC(=O)c2ccc3cc(Oc4ccc(CC(=O)CCC(C)C(C)C(C)CC)cc4)ccc3c2)cc1. The van der Waals surface area contributed by atoms with Gasteiger partial charge in [0.05, 0.1) is 12.2 Å². The minimum atomic E-state index is -0.407. The van der Waals surface area contributed by atoms with E-state index in [1.165, 1.54) is 64.2 Å². The molecular formula is C47H62O5. The maximum Gasteiger partial charge on any atom is 0.343 e. The molecule has 280 valence electrons. The molecule has 0 aliphatic rings. The largest absolute Gasteiger partial charge is 0.494 e. The first-order valence-electron chi connectivity index (χ1n) is 20.0. The highest BCUT2D eigenvalue weighted by Crippen LogP contribution is 2.29. The first kappa shape index (κ1) is 40.6. The third kappa shape index (κ3) is 13.8. The number of carbonyl (C=O) groups is 2. The molecule has 3 unspecified atom stereocenters. The van der Waals surface area contributed by atoms with Gasteiger partial charge < -0.3 is 14.2 Å². The van der Waals surface area contributed by atoms with Crippen molar-refractivity contribution in [3.63, 3.8) is 0 Å². The normalized spacial score (nSPS) is 13.0. The molecule has 52 heavy (non-hydrogen) atoms. The molecular weight excluding hydrogens is 645 g/mol. The average Bonchev–Trinajstić information content (AvgIpc) is 3.16. The van der Waals surface area contributed by atoms with E-state index in [9.17, 15) is 9.59 Å². The van der Waals surface area contributed by atoms with Gasteiger partial charge in [-0.15, -0.1) is 0 Å². The van der Waals surface area contributed by atoms with E-state index in [1.54, 1.807) is 18.2 Å². The van der Waals surface area contributed by atoms with Crippen LogP contribution in [0.3, 0.4) is 0 Å². The van der Waals surface area contributed by atoms with Gasteiger partial charge in [0, 0.05) is 12.8 Å². The van der Waals surface area contributed by atoms with Crippen molar-refractivity contribution in [2.24, 2.45) is 17.8 Å². The van der Waals surface area contributed by atoms with Gasteiger partial charge in [0.2, 0.25) is 0 Å². The minimum absolute atomic E-state index is 0.284. The zero-order valence-corrected chi connectivity index (χ0v) is 32.5. The van der Waals surface area contributed by atoms with Crippen molar-refractivity contribution in [1.82, 2.24) is 0 Å². The molecule has 0 N–H and O–H groups in total. The zero-order valence-electron chi connectivity index (χ0n) is 32.5. The lowest BCUT2D eigenvalue weighted by Crippen LogP contribution is -2.17. The molecule has 4 aromatic rings. The fraction of sp³-hybridized carbons (Fsp3) is 0.489. The molecule has 4 aromatic carbocycles. The number of unbranched alkanes of at least 4 members (excludes halogenated alkanes) is 9. The first-order valence-corrected chi connectivity index (χ1v) is 20.0. The maximum atomic E-state index is 13.0. The standard InChI is InChI=1S/C47H62O5/c1-6-8-9-10-11-12-13-14-15-16-31-50-43-27-29-45(30-28-43)52-47(49)41-21-20-40-34-46(26-22-39(40)33-41)51-44-24-18-38(19-25-44)32-42(48)23-17-36(4)37(5)35(3)7-2/h18-22,24-30,33-37H,6-17,23,31-32H2,1-5H3. The lowest BCUT2D eigenvalue weighted by Gasteiger charge is -2.25. The number of ether oxygens (including phenoxy) is 3. The summed E-state index contributed by atoms with van der Waals surface area (Å²) in [5, 5.41) is 1.87. The van der Waals surface area contributed by atoms with Crippen molar-refractivity contribution < 1.29 is 23.8 Å². The fourth-order valence-electron chi connectivity index (χ4n) is 6.68. The Kier molecular flexibility index (Phi) is 17.2. The van der Waals surface area contributed by atoms with Crippen molar-refractivity contribution in [2.45, 2.75) is 125 Å². The van der Waals surface area contributed by atoms with Gasteiger partial charge in [-0.1, -0.05) is 123 Å². The molecule has 0 fully saturated rings. The molecule has 0 aliphatic heterocycles. The molecule has 5 nitrogen and oxygen atoms in total. The van der Waals surface area contributed by atoms with Gasteiger partial charge in [-0.05, 0) is 108 Å². The van der Waals surface area contributed by atoms with Crippen molar-refractivity contribution in [1.29, 1.82) is 0 Å². The summed E-state index contributed by atoms with van der Waals surface area (Å²) < 4.78 is 17.7. The number of ketones is 1. The summed E-state index contributed by atoms with van der Waals surface area (Å²) in [6.45, 7) is 12.1. The molecule has 0 spiro atoms. The highest BCUT2D eigenvalue weighted by Gasteiger charge is 2.19. The summed E-state index contributed by atoms with van der Waals surface area (Å²) in [6.07, 6.45) is 16.2. The number of Topliss-reactive ketones (excluding diaryl/α,β-unsaturated/α-hetero) is 1. The molecule has 0 aromatic heterocycles. The van der Waals surface area contributed by atoms with Gasteiger partial charge in [0.1, 0.15) is 28.8 Å². The van der Waals surface area contributed by atoms with Crippen LogP contribution in [0.25, 0.3) is 10.8 Å². The monoisotopic (exact) mass is 706 g/mol. The molecule has 3 atom stereocenters. The van der Waals surface area contributed by atoms with Crippen LogP contribution in [-0.4, -0.2) is 18.4 Å². The number of hydrogen-bond acceptors (Lipinski definition) is 5. The molecule has 5 heteroatoms. The van der Waals surface area contributed by atoms with Crippen LogP contribution in [0.5, 0.6) is 23.0 Å². The Morgan fingerprint density at radius 3 is 1.85 bits per heavy atom. The van der Waals surface area contributed by atoms with Crippen LogP contribution >= 0.6 is 0 Å². The number of benzene rings is 4. The maximum absolute atomic E-state index is 13.0. The highest BCUT2D eigenvalue weighted by molar-refractivity contribution is 5.96. The van der Waals surface area contributed by atoms with Crippen LogP contribution in [-0.2, 0) is 11.2 Å². The topological polar surface area (TPSA) is 61.8 Å². The van der Waals surface area contributed by atoms with Gasteiger partial charge in [0.25, 0.3) is 0 Å². The predicted molar refractivity (Wildman–Crippen MR) is 215 cm³/mol. The van der Waals surface area contributed by atoms with Gasteiger partial charge >= 0.3 is 5.97 Å². The Labute approximate surface area is 313 Å². The molecule has 0 heterocycles. The Morgan fingerprint density at radius 1 is 0.596 bits per heavy atom. The Balaban J connectivity index is 1.18. The molecule has 0 amide bonds. The van der Waals surface area contributed by atoms with E-state index in [1.807, 2.05) is 66.7 Å². The number of esters is 1. The highest BCUT2D eigenvalue weighted by atomic mass is 16.5. The minimum Gasteiger partial charge on any atom is -0.494 e. The summed E-state index contributed by atoms with van der Waals surface area (Å²) in [6, 6.07) is 26.3. The smallest absolute Gasteiger partial charge is 0.343 e. The van der Waals surface area contributed by atoms with Gasteiger partial charge in [0.15, 0.2) is 0 Å². The summed E-state index contributed by atoms with van der Waals surface area (Å²) in [4.78, 5) is 25.6. The second-order valence-corrected chi connectivity index (χ2v) is 14.8. The van der Waals surface area contributed by atoms with Crippen LogP contribution < -0.4 is 14.2 Å². The fourth-order valence-corrected chi connectivity index (χ4v) is 6.68. The van der Waals surface area contributed by atoms with E-state index < -0.39 is 5.97 Å². The molecule has 0 aliphatic carbocycles. The number of rotatable bonds is 24. The van der Waals surface area contributed by atoms with Gasteiger partial charge in [-0.25, -0.2) is 4.79 Å². The van der Waals surface area contributed by atoms with Crippen molar-refractivity contribution in [3.05, 3.63) is 96.1 Å². The van der Waals surface area contributed by atoms with E-state index in [0.717, 1.165) is 34.9 Å². The van der Waals surface area contributed by atoms with E-state index in [4.69, 9.17) is 14.2 Å². The average molecular weight is 707 g/mol. The zero-order chi connectivity index (χ0) is 37.1. The summed E-state index contributed by atoms with van der Waals surface area (Å²) in [7, 11) is 0. The van der Waals surface area contributed by atoms with Crippen LogP contribution in [0.1, 0.15) is 134 Å². The molecule has 0 radical (unpaired) electrons. The van der Waals surface area contributed by atoms with Gasteiger partial charge in [-0.3, -0.25) is 4.79 Å². The molecule has 4 rings (SSSR count). The van der Waals surface area contributed by atoms with E-state index in [-0.39, 0.29) is 5.78 Å². The Hall–Kier alpha value is -4.12. The van der Waals surface area contributed by atoms with Crippen LogP contribution in [0.2, 0.25) is 0 Å². The predicted octanol–water partition coefficient (Wildman–Crippen LogP) is 13.4. The lowest BCUT2D eigenvalue weighted by atomic mass is 9.81. The first-order chi connectivity index (χ1) is 25.2. The van der Waals surface area contributed by atoms with Gasteiger partial charge in [-0.2, -0.15) is 0 Å². The van der Waals surface area contributed by atoms with Crippen LogP contribution in [0, 0.1) is 17.8 Å². The summed E-state index contributed by atoms with van der Waals surface area (Å²) >= 11 is 0. The summed E-state index contributed by atoms with van der Waals surface area (Å²) in [5.41, 5.74) is 1.48. The van der Waals surface area contributed by atoms with Crippen LogP contribution in [0.4, 0.5) is 0 Å². The van der Waals surface area contributed by atoms with E-state index in [0.29, 0.717) is 60.0 Å². The van der Waals surface area contributed by atoms with E-state index in [2.05, 4.69) is 34.6 Å². The molecule has 0 saturated heterocycles. The second-order valence-electron chi connectivity index (χ2n) is 14.8.